The minimum absolute atomic E-state index is 0.0622. The number of benzene rings is 1. The van der Waals surface area contributed by atoms with Gasteiger partial charge in [0.1, 0.15) is 11.6 Å². The maximum Gasteiger partial charge on any atom is 0.246 e. The Bertz CT molecular complexity index is 1250. The lowest BCUT2D eigenvalue weighted by Gasteiger charge is -2.38. The average molecular weight is 597 g/mol. The molecule has 5 aliphatic rings. The second-order valence-corrected chi connectivity index (χ2v) is 13.7. The third-order valence-electron chi connectivity index (χ3n) is 10.8. The van der Waals surface area contributed by atoms with Crippen LogP contribution in [0.3, 0.4) is 0 Å². The Balaban J connectivity index is 1.27. The Morgan fingerprint density at radius 3 is 2.55 bits per heavy atom. The summed E-state index contributed by atoms with van der Waals surface area (Å²) in [6.45, 7) is 9.53. The van der Waals surface area contributed by atoms with Gasteiger partial charge in [-0.05, 0) is 68.8 Å². The molecule has 3 saturated heterocycles. The van der Waals surface area contributed by atoms with Gasteiger partial charge in [0.25, 0.3) is 0 Å². The van der Waals surface area contributed by atoms with Crippen molar-refractivity contribution < 1.29 is 19.1 Å². The van der Waals surface area contributed by atoms with Crippen LogP contribution < -0.4 is 10.6 Å². The van der Waals surface area contributed by atoms with Crippen LogP contribution in [0, 0.1) is 30.6 Å². The van der Waals surface area contributed by atoms with Crippen LogP contribution in [-0.4, -0.2) is 77.5 Å². The standard InChI is InChI=1S/C33H45ClN4O4/c1-20-9-8-10-25(22(20)3)36-31(40)29-33-14-13-26(42-33)27(30(39)35-23-12-11-21(2)24(34)19-23)28(33)32(41)38(29)18-17-37-15-6-4-5-7-16-37/h11-14,19-20,22,25-29H,4-10,15-18H2,1-3H3,(H,35,39)(H,36,40)/t20-,22-,25-,26+,27-,28+,29+,33+/m1/s1. The topological polar surface area (TPSA) is 91.0 Å². The van der Waals surface area contributed by atoms with Gasteiger partial charge in [0, 0.05) is 29.8 Å². The van der Waals surface area contributed by atoms with Gasteiger partial charge in [-0.3, -0.25) is 14.4 Å². The molecule has 4 fully saturated rings. The summed E-state index contributed by atoms with van der Waals surface area (Å²) in [7, 11) is 0. The molecule has 8 atom stereocenters. The summed E-state index contributed by atoms with van der Waals surface area (Å²) in [5.74, 6) is -1.21. The minimum Gasteiger partial charge on any atom is -0.359 e. The number of anilines is 1. The molecule has 42 heavy (non-hydrogen) atoms. The number of fused-ring (bicyclic) bond motifs is 1. The van der Waals surface area contributed by atoms with E-state index in [1.165, 1.54) is 19.3 Å². The van der Waals surface area contributed by atoms with Gasteiger partial charge in [-0.1, -0.05) is 69.4 Å². The van der Waals surface area contributed by atoms with Crippen molar-refractivity contribution >= 4 is 35.0 Å². The maximum atomic E-state index is 14.3. The summed E-state index contributed by atoms with van der Waals surface area (Å²) in [4.78, 5) is 46.5. The predicted octanol–water partition coefficient (Wildman–Crippen LogP) is 4.55. The first-order valence-electron chi connectivity index (χ1n) is 16.0. The van der Waals surface area contributed by atoms with Gasteiger partial charge >= 0.3 is 0 Å². The van der Waals surface area contributed by atoms with E-state index in [0.29, 0.717) is 35.6 Å². The van der Waals surface area contributed by atoms with Crippen molar-refractivity contribution in [2.75, 3.05) is 31.5 Å². The molecule has 9 heteroatoms. The molecule has 1 aromatic rings. The third-order valence-corrected chi connectivity index (χ3v) is 11.2. The van der Waals surface area contributed by atoms with E-state index in [4.69, 9.17) is 16.3 Å². The van der Waals surface area contributed by atoms with Gasteiger partial charge in [0.15, 0.2) is 0 Å². The smallest absolute Gasteiger partial charge is 0.246 e. The number of hydrogen-bond donors (Lipinski definition) is 2. The summed E-state index contributed by atoms with van der Waals surface area (Å²) < 4.78 is 6.55. The number of hydrogen-bond acceptors (Lipinski definition) is 5. The molecule has 1 aliphatic carbocycles. The number of carbonyl (C=O) groups is 3. The van der Waals surface area contributed by atoms with Crippen LogP contribution in [0.4, 0.5) is 5.69 Å². The zero-order chi connectivity index (χ0) is 29.6. The molecule has 8 nitrogen and oxygen atoms in total. The number of halogens is 1. The van der Waals surface area contributed by atoms with Crippen LogP contribution in [0.5, 0.6) is 0 Å². The van der Waals surface area contributed by atoms with Crippen LogP contribution in [0.1, 0.15) is 64.4 Å². The van der Waals surface area contributed by atoms with Crippen molar-refractivity contribution in [3.8, 4) is 0 Å². The predicted molar refractivity (Wildman–Crippen MR) is 163 cm³/mol. The SMILES string of the molecule is Cc1ccc(NC(=O)[C@@H]2[C@@H]3C=C[C@]4(O3)[C@@H]2C(=O)N(CCN2CCCCCC2)[C@H]4C(=O)N[C@@H]2CCC[C@@H](C)[C@H]2C)cc1Cl. The molecular weight excluding hydrogens is 552 g/mol. The largest absolute Gasteiger partial charge is 0.359 e. The number of aryl methyl sites for hydroxylation is 1. The van der Waals surface area contributed by atoms with Crippen LogP contribution in [0.25, 0.3) is 0 Å². The van der Waals surface area contributed by atoms with E-state index < -0.39 is 29.6 Å². The highest BCUT2D eigenvalue weighted by molar-refractivity contribution is 6.31. The lowest BCUT2D eigenvalue weighted by atomic mass is 9.73. The molecule has 0 aromatic heterocycles. The lowest BCUT2D eigenvalue weighted by Crippen LogP contribution is -2.58. The molecule has 1 aromatic carbocycles. The van der Waals surface area contributed by atoms with Crippen molar-refractivity contribution in [2.24, 2.45) is 23.7 Å². The maximum absolute atomic E-state index is 14.3. The van der Waals surface area contributed by atoms with E-state index in [1.54, 1.807) is 11.0 Å². The summed E-state index contributed by atoms with van der Waals surface area (Å²) in [5, 5.41) is 6.89. The van der Waals surface area contributed by atoms with E-state index in [2.05, 4.69) is 29.4 Å². The van der Waals surface area contributed by atoms with E-state index in [-0.39, 0.29) is 23.8 Å². The van der Waals surface area contributed by atoms with Crippen LogP contribution in [0.2, 0.25) is 5.02 Å². The molecule has 4 aliphatic heterocycles. The second-order valence-electron chi connectivity index (χ2n) is 13.3. The van der Waals surface area contributed by atoms with E-state index >= 15 is 0 Å². The molecule has 0 radical (unpaired) electrons. The second kappa shape index (κ2) is 11.9. The Labute approximate surface area is 254 Å². The molecule has 6 rings (SSSR count). The van der Waals surface area contributed by atoms with Crippen molar-refractivity contribution in [2.45, 2.75) is 89.5 Å². The highest BCUT2D eigenvalue weighted by Crippen LogP contribution is 2.55. The number of ether oxygens (including phenoxy) is 1. The van der Waals surface area contributed by atoms with E-state index in [0.717, 1.165) is 44.3 Å². The Morgan fingerprint density at radius 2 is 1.81 bits per heavy atom. The third kappa shape index (κ3) is 5.28. The molecule has 1 saturated carbocycles. The van der Waals surface area contributed by atoms with Crippen molar-refractivity contribution in [3.05, 3.63) is 40.9 Å². The quantitative estimate of drug-likeness (QED) is 0.451. The van der Waals surface area contributed by atoms with Crippen LogP contribution in [-0.2, 0) is 19.1 Å². The normalized spacial score (nSPS) is 36.1. The highest BCUT2D eigenvalue weighted by Gasteiger charge is 2.72. The Hall–Kier alpha value is -2.42. The molecule has 228 valence electrons. The summed E-state index contributed by atoms with van der Waals surface area (Å²) in [6, 6.07) is 4.65. The highest BCUT2D eigenvalue weighted by atomic mass is 35.5. The number of likely N-dealkylation sites (tertiary alicyclic amines) is 2. The Kier molecular flexibility index (Phi) is 8.42. The molecular formula is C33H45ClN4O4. The monoisotopic (exact) mass is 596 g/mol. The van der Waals surface area contributed by atoms with Gasteiger partial charge in [-0.15, -0.1) is 0 Å². The van der Waals surface area contributed by atoms with Crippen molar-refractivity contribution in [1.29, 1.82) is 0 Å². The van der Waals surface area contributed by atoms with Crippen molar-refractivity contribution in [3.63, 3.8) is 0 Å². The molecule has 0 unspecified atom stereocenters. The first-order chi connectivity index (χ1) is 20.2. The molecule has 2 bridgehead atoms. The summed E-state index contributed by atoms with van der Waals surface area (Å²) in [6.07, 6.45) is 11.2. The fourth-order valence-corrected chi connectivity index (χ4v) is 8.24. The van der Waals surface area contributed by atoms with Gasteiger partial charge in [-0.2, -0.15) is 0 Å². The minimum atomic E-state index is -1.15. The Morgan fingerprint density at radius 1 is 1.05 bits per heavy atom. The van der Waals surface area contributed by atoms with Gasteiger partial charge < -0.3 is 25.2 Å². The molecule has 4 heterocycles. The summed E-state index contributed by atoms with van der Waals surface area (Å²) in [5.41, 5.74) is 0.345. The number of carbonyl (C=O) groups excluding carboxylic acids is 3. The van der Waals surface area contributed by atoms with E-state index in [1.807, 2.05) is 31.2 Å². The van der Waals surface area contributed by atoms with E-state index in [9.17, 15) is 14.4 Å². The summed E-state index contributed by atoms with van der Waals surface area (Å²) >= 11 is 6.32. The first-order valence-corrected chi connectivity index (χ1v) is 16.3. The number of nitrogens with zero attached hydrogens (tertiary/aromatic N) is 2. The van der Waals surface area contributed by atoms with Crippen LogP contribution >= 0.6 is 11.6 Å². The van der Waals surface area contributed by atoms with Crippen molar-refractivity contribution in [1.82, 2.24) is 15.1 Å². The molecule has 3 amide bonds. The van der Waals surface area contributed by atoms with Crippen LogP contribution in [0.15, 0.2) is 30.4 Å². The molecule has 1 spiro atoms. The number of rotatable bonds is 7. The van der Waals surface area contributed by atoms with Gasteiger partial charge in [0.05, 0.1) is 17.9 Å². The fourth-order valence-electron chi connectivity index (χ4n) is 8.06. The van der Waals surface area contributed by atoms with Gasteiger partial charge in [0.2, 0.25) is 17.7 Å². The zero-order valence-corrected chi connectivity index (χ0v) is 25.9. The average Bonchev–Trinajstić information content (AvgIpc) is 3.51. The lowest BCUT2D eigenvalue weighted by molar-refractivity contribution is -0.141. The number of amides is 3. The number of nitrogens with one attached hydrogen (secondary N) is 2. The molecule has 2 N–H and O–H groups in total. The van der Waals surface area contributed by atoms with Gasteiger partial charge in [-0.25, -0.2) is 0 Å². The first kappa shape index (κ1) is 29.6. The fraction of sp³-hybridized carbons (Fsp3) is 0.667. The zero-order valence-electron chi connectivity index (χ0n) is 25.1.